The first kappa shape index (κ1) is 15.5. The van der Waals surface area contributed by atoms with Gasteiger partial charge in [0.1, 0.15) is 0 Å². The lowest BCUT2D eigenvalue weighted by Crippen LogP contribution is -2.42. The Morgan fingerprint density at radius 3 is 2.79 bits per heavy atom. The van der Waals surface area contributed by atoms with Crippen LogP contribution in [-0.4, -0.2) is 37.2 Å². The number of carbonyl (C=O) groups excluding carboxylic acids is 1. The van der Waals surface area contributed by atoms with Crippen LogP contribution in [0.5, 0.6) is 0 Å². The van der Waals surface area contributed by atoms with Crippen molar-refractivity contribution in [3.63, 3.8) is 0 Å². The lowest BCUT2D eigenvalue weighted by atomic mass is 10.2. The van der Waals surface area contributed by atoms with Gasteiger partial charge in [-0.1, -0.05) is 12.1 Å². The lowest BCUT2D eigenvalue weighted by Gasteiger charge is -2.26. The van der Waals surface area contributed by atoms with Crippen LogP contribution in [0.3, 0.4) is 0 Å². The Bertz CT molecular complexity index is 407. The average Bonchev–Trinajstić information content (AvgIpc) is 2.39. The number of carbonyl (C=O) groups is 1. The highest BCUT2D eigenvalue weighted by molar-refractivity contribution is 5.89. The van der Waals surface area contributed by atoms with E-state index in [0.717, 1.165) is 11.3 Å². The third-order valence-electron chi connectivity index (χ3n) is 2.83. The van der Waals surface area contributed by atoms with E-state index < -0.39 is 0 Å². The summed E-state index contributed by atoms with van der Waals surface area (Å²) in [5.74, 6) is 0. The summed E-state index contributed by atoms with van der Waals surface area (Å²) < 4.78 is 5.02. The molecule has 0 atom stereocenters. The third kappa shape index (κ3) is 4.89. The summed E-state index contributed by atoms with van der Waals surface area (Å²) in [7, 11) is 1.63. The first-order chi connectivity index (χ1) is 9.08. The van der Waals surface area contributed by atoms with Gasteiger partial charge in [0.05, 0.1) is 6.61 Å². The topological polar surface area (TPSA) is 67.6 Å². The number of methoxy groups -OCH3 is 1. The van der Waals surface area contributed by atoms with Gasteiger partial charge >= 0.3 is 6.03 Å². The SMILES string of the molecule is COCCN(C(=O)Nc1cccc(CN)c1)C(C)C. The molecule has 0 unspecified atom stereocenters. The standard InChI is InChI=1S/C14H23N3O2/c1-11(2)17(7-8-19-3)14(18)16-13-6-4-5-12(9-13)10-15/h4-6,9,11H,7-8,10,15H2,1-3H3,(H,16,18). The minimum Gasteiger partial charge on any atom is -0.383 e. The van der Waals surface area contributed by atoms with Crippen molar-refractivity contribution >= 4 is 11.7 Å². The summed E-state index contributed by atoms with van der Waals surface area (Å²) in [6, 6.07) is 7.54. The number of ether oxygens (including phenoxy) is 1. The normalized spacial score (nSPS) is 10.6. The van der Waals surface area contributed by atoms with Crippen LogP contribution in [0.15, 0.2) is 24.3 Å². The number of nitrogens with one attached hydrogen (secondary N) is 1. The maximum Gasteiger partial charge on any atom is 0.322 e. The van der Waals surface area contributed by atoms with E-state index in [1.165, 1.54) is 0 Å². The highest BCUT2D eigenvalue weighted by Gasteiger charge is 2.16. The van der Waals surface area contributed by atoms with E-state index in [9.17, 15) is 4.79 Å². The average molecular weight is 265 g/mol. The smallest absolute Gasteiger partial charge is 0.322 e. The maximum atomic E-state index is 12.2. The van der Waals surface area contributed by atoms with Gasteiger partial charge in [-0.3, -0.25) is 0 Å². The van der Waals surface area contributed by atoms with Gasteiger partial charge in [0, 0.05) is 31.9 Å². The molecule has 0 aromatic heterocycles. The molecule has 2 amide bonds. The van der Waals surface area contributed by atoms with Gasteiger partial charge in [0.15, 0.2) is 0 Å². The number of amides is 2. The van der Waals surface area contributed by atoms with Gasteiger partial charge in [0.25, 0.3) is 0 Å². The summed E-state index contributed by atoms with van der Waals surface area (Å²) in [6.07, 6.45) is 0. The van der Waals surface area contributed by atoms with Gasteiger partial charge in [0.2, 0.25) is 0 Å². The van der Waals surface area contributed by atoms with Gasteiger partial charge in [-0.15, -0.1) is 0 Å². The largest absolute Gasteiger partial charge is 0.383 e. The van der Waals surface area contributed by atoms with Crippen LogP contribution in [0.4, 0.5) is 10.5 Å². The monoisotopic (exact) mass is 265 g/mol. The number of urea groups is 1. The molecule has 0 saturated carbocycles. The quantitative estimate of drug-likeness (QED) is 0.827. The molecule has 0 saturated heterocycles. The fraction of sp³-hybridized carbons (Fsp3) is 0.500. The van der Waals surface area contributed by atoms with Crippen LogP contribution < -0.4 is 11.1 Å². The van der Waals surface area contributed by atoms with Crippen LogP contribution in [-0.2, 0) is 11.3 Å². The van der Waals surface area contributed by atoms with Crippen LogP contribution in [0, 0.1) is 0 Å². The summed E-state index contributed by atoms with van der Waals surface area (Å²) in [5, 5.41) is 2.88. The van der Waals surface area contributed by atoms with Crippen LogP contribution >= 0.6 is 0 Å². The summed E-state index contributed by atoms with van der Waals surface area (Å²) in [5.41, 5.74) is 7.34. The number of hydrogen-bond acceptors (Lipinski definition) is 3. The van der Waals surface area contributed by atoms with E-state index in [1.54, 1.807) is 12.0 Å². The van der Waals surface area contributed by atoms with E-state index in [1.807, 2.05) is 38.1 Å². The van der Waals surface area contributed by atoms with Crippen LogP contribution in [0.1, 0.15) is 19.4 Å². The number of anilines is 1. The molecule has 0 aliphatic heterocycles. The second-order valence-electron chi connectivity index (χ2n) is 4.61. The Labute approximate surface area is 114 Å². The highest BCUT2D eigenvalue weighted by Crippen LogP contribution is 2.12. The van der Waals surface area contributed by atoms with E-state index in [-0.39, 0.29) is 12.1 Å². The number of nitrogens with zero attached hydrogens (tertiary/aromatic N) is 1. The molecular weight excluding hydrogens is 242 g/mol. The lowest BCUT2D eigenvalue weighted by molar-refractivity contribution is 0.143. The molecule has 0 fully saturated rings. The Morgan fingerprint density at radius 2 is 2.21 bits per heavy atom. The molecule has 1 aromatic rings. The zero-order chi connectivity index (χ0) is 14.3. The fourth-order valence-electron chi connectivity index (χ4n) is 1.76. The van der Waals surface area contributed by atoms with E-state index in [0.29, 0.717) is 19.7 Å². The van der Waals surface area contributed by atoms with Crippen molar-refractivity contribution in [3.05, 3.63) is 29.8 Å². The Morgan fingerprint density at radius 1 is 1.47 bits per heavy atom. The van der Waals surface area contributed by atoms with E-state index >= 15 is 0 Å². The summed E-state index contributed by atoms with van der Waals surface area (Å²) in [6.45, 7) is 5.50. The van der Waals surface area contributed by atoms with Crippen molar-refractivity contribution in [2.45, 2.75) is 26.4 Å². The fourth-order valence-corrected chi connectivity index (χ4v) is 1.76. The molecular formula is C14H23N3O2. The number of rotatable bonds is 6. The van der Waals surface area contributed by atoms with Crippen molar-refractivity contribution in [2.75, 3.05) is 25.6 Å². The van der Waals surface area contributed by atoms with Crippen LogP contribution in [0.2, 0.25) is 0 Å². The zero-order valence-corrected chi connectivity index (χ0v) is 11.8. The molecule has 19 heavy (non-hydrogen) atoms. The zero-order valence-electron chi connectivity index (χ0n) is 11.8. The van der Waals surface area contributed by atoms with Crippen LogP contribution in [0.25, 0.3) is 0 Å². The molecule has 0 spiro atoms. The van der Waals surface area contributed by atoms with Crippen molar-refractivity contribution in [2.24, 2.45) is 5.73 Å². The summed E-state index contributed by atoms with van der Waals surface area (Å²) in [4.78, 5) is 13.9. The maximum absolute atomic E-state index is 12.2. The first-order valence-electron chi connectivity index (χ1n) is 6.44. The van der Waals surface area contributed by atoms with Gasteiger partial charge in [-0.25, -0.2) is 4.79 Å². The number of hydrogen-bond donors (Lipinski definition) is 2. The van der Waals surface area contributed by atoms with Crippen molar-refractivity contribution in [1.29, 1.82) is 0 Å². The third-order valence-corrected chi connectivity index (χ3v) is 2.83. The molecule has 0 radical (unpaired) electrons. The van der Waals surface area contributed by atoms with Crippen molar-refractivity contribution in [1.82, 2.24) is 4.90 Å². The molecule has 5 heteroatoms. The number of benzene rings is 1. The van der Waals surface area contributed by atoms with E-state index in [4.69, 9.17) is 10.5 Å². The molecule has 0 aliphatic rings. The Kier molecular flexibility index (Phi) is 6.32. The van der Waals surface area contributed by atoms with Gasteiger partial charge in [-0.2, -0.15) is 0 Å². The predicted octanol–water partition coefficient (Wildman–Crippen LogP) is 2.03. The van der Waals surface area contributed by atoms with Gasteiger partial charge < -0.3 is 20.7 Å². The molecule has 3 N–H and O–H groups in total. The van der Waals surface area contributed by atoms with Crippen molar-refractivity contribution in [3.8, 4) is 0 Å². The second kappa shape index (κ2) is 7.76. The Hall–Kier alpha value is -1.59. The first-order valence-corrected chi connectivity index (χ1v) is 6.44. The van der Waals surface area contributed by atoms with Gasteiger partial charge in [-0.05, 0) is 31.5 Å². The van der Waals surface area contributed by atoms with Crippen molar-refractivity contribution < 1.29 is 9.53 Å². The summed E-state index contributed by atoms with van der Waals surface area (Å²) >= 11 is 0. The molecule has 0 aliphatic carbocycles. The molecule has 1 rings (SSSR count). The Balaban J connectivity index is 2.69. The highest BCUT2D eigenvalue weighted by atomic mass is 16.5. The molecule has 1 aromatic carbocycles. The second-order valence-corrected chi connectivity index (χ2v) is 4.61. The van der Waals surface area contributed by atoms with E-state index in [2.05, 4.69) is 5.32 Å². The minimum absolute atomic E-state index is 0.118. The molecule has 5 nitrogen and oxygen atoms in total. The number of nitrogens with two attached hydrogens (primary N) is 1. The molecule has 0 bridgehead atoms. The molecule has 0 heterocycles. The molecule has 106 valence electrons. The minimum atomic E-state index is -0.124. The predicted molar refractivity (Wildman–Crippen MR) is 77.1 cm³/mol.